The average molecular weight is 504 g/mol. The van der Waals surface area contributed by atoms with E-state index in [1.165, 1.54) is 0 Å². The van der Waals surface area contributed by atoms with Gasteiger partial charge < -0.3 is 28.4 Å². The summed E-state index contributed by atoms with van der Waals surface area (Å²) < 4.78 is 29.0. The molecule has 1 aromatic carbocycles. The van der Waals surface area contributed by atoms with E-state index in [0.717, 1.165) is 36.4 Å². The molecular weight excluding hydrogens is 480 g/mol. The molecule has 12 nitrogen and oxygen atoms in total. The van der Waals surface area contributed by atoms with Crippen LogP contribution in [0.5, 0.6) is 0 Å². The largest absolute Gasteiger partial charge is 0.459 e. The maximum atomic E-state index is 12.4. The molecule has 0 amide bonds. The number of hydrogen-bond acceptors (Lipinski definition) is 12. The number of hydrogen-bond donors (Lipinski definition) is 0. The lowest BCUT2D eigenvalue weighted by Gasteiger charge is -2.11. The minimum absolute atomic E-state index is 0.206. The summed E-state index contributed by atoms with van der Waals surface area (Å²) in [5.41, 5.74) is -0.618. The molecule has 36 heavy (non-hydrogen) atoms. The number of carbonyl (C=O) groups excluding carboxylic acids is 6. The summed E-state index contributed by atoms with van der Waals surface area (Å²) in [4.78, 5) is 70.4. The summed E-state index contributed by atoms with van der Waals surface area (Å²) in [6.07, 6.45) is 2.81. The summed E-state index contributed by atoms with van der Waals surface area (Å²) in [6.45, 7) is 8.00. The molecule has 1 rings (SSSR count). The van der Waals surface area contributed by atoms with Crippen molar-refractivity contribution in [3.05, 3.63) is 72.9 Å². The van der Waals surface area contributed by atoms with E-state index in [0.29, 0.717) is 0 Å². The standard InChI is InChI=1S/C24H24O12/c1-4-19(25)31-7-10-34-22(28)16-13-17(23(29)35-11-8-32-20(26)5-2)15-18(14-16)24(30)36-12-9-33-21(27)6-3/h4-6,13-15H,1-3,7-12H2. The molecule has 0 aliphatic heterocycles. The quantitative estimate of drug-likeness (QED) is 0.146. The Labute approximate surface area is 206 Å². The Morgan fingerprint density at radius 2 is 0.694 bits per heavy atom. The van der Waals surface area contributed by atoms with Crippen molar-refractivity contribution in [3.8, 4) is 0 Å². The average Bonchev–Trinajstić information content (AvgIpc) is 2.89. The highest BCUT2D eigenvalue weighted by Crippen LogP contribution is 2.15. The smallest absolute Gasteiger partial charge is 0.338 e. The fraction of sp³-hybridized carbons (Fsp3) is 0.250. The number of rotatable bonds is 15. The Bertz CT molecular complexity index is 883. The van der Waals surface area contributed by atoms with E-state index in [2.05, 4.69) is 19.7 Å². The summed E-state index contributed by atoms with van der Waals surface area (Å²) in [7, 11) is 0. The molecule has 0 saturated carbocycles. The van der Waals surface area contributed by atoms with Gasteiger partial charge >= 0.3 is 35.8 Å². The maximum Gasteiger partial charge on any atom is 0.338 e. The van der Waals surface area contributed by atoms with Gasteiger partial charge in [-0.25, -0.2) is 28.8 Å². The van der Waals surface area contributed by atoms with E-state index in [1.807, 2.05) is 0 Å². The van der Waals surface area contributed by atoms with Crippen LogP contribution in [0, 0.1) is 0 Å². The monoisotopic (exact) mass is 504 g/mol. The molecule has 0 fully saturated rings. The molecule has 0 radical (unpaired) electrons. The van der Waals surface area contributed by atoms with Crippen LogP contribution < -0.4 is 0 Å². The first-order valence-corrected chi connectivity index (χ1v) is 10.3. The molecule has 0 aliphatic carbocycles. The molecule has 0 unspecified atom stereocenters. The molecule has 192 valence electrons. The van der Waals surface area contributed by atoms with Gasteiger partial charge in [-0.1, -0.05) is 19.7 Å². The van der Waals surface area contributed by atoms with Crippen molar-refractivity contribution in [1.29, 1.82) is 0 Å². The lowest BCUT2D eigenvalue weighted by molar-refractivity contribution is -0.139. The Balaban J connectivity index is 2.93. The minimum atomic E-state index is -0.937. The van der Waals surface area contributed by atoms with Gasteiger partial charge in [0.15, 0.2) is 0 Å². The highest BCUT2D eigenvalue weighted by atomic mass is 16.6. The summed E-state index contributed by atoms with van der Waals surface area (Å²) in [5, 5.41) is 0. The van der Waals surface area contributed by atoms with Crippen LogP contribution in [0.4, 0.5) is 0 Å². The van der Waals surface area contributed by atoms with Crippen LogP contribution in [-0.4, -0.2) is 75.5 Å². The summed E-state index contributed by atoms with van der Waals surface area (Å²) in [6, 6.07) is 3.33. The van der Waals surface area contributed by atoms with Gasteiger partial charge in [-0.05, 0) is 18.2 Å². The van der Waals surface area contributed by atoms with Crippen LogP contribution in [0.1, 0.15) is 31.1 Å². The number of carbonyl (C=O) groups is 6. The third kappa shape index (κ3) is 10.9. The zero-order chi connectivity index (χ0) is 26.9. The molecule has 0 bridgehead atoms. The summed E-state index contributed by atoms with van der Waals surface area (Å²) >= 11 is 0. The zero-order valence-electron chi connectivity index (χ0n) is 19.2. The van der Waals surface area contributed by atoms with E-state index in [4.69, 9.17) is 28.4 Å². The second-order valence-electron chi connectivity index (χ2n) is 6.32. The van der Waals surface area contributed by atoms with E-state index >= 15 is 0 Å². The Morgan fingerprint density at radius 3 is 0.917 bits per heavy atom. The fourth-order valence-electron chi connectivity index (χ4n) is 2.24. The van der Waals surface area contributed by atoms with E-state index in [9.17, 15) is 28.8 Å². The maximum absolute atomic E-state index is 12.4. The van der Waals surface area contributed by atoms with Gasteiger partial charge in [0.2, 0.25) is 0 Å². The molecule has 0 saturated heterocycles. The van der Waals surface area contributed by atoms with Crippen molar-refractivity contribution in [2.45, 2.75) is 0 Å². The van der Waals surface area contributed by atoms with Crippen molar-refractivity contribution in [2.24, 2.45) is 0 Å². The molecular formula is C24H24O12. The van der Waals surface area contributed by atoms with Crippen LogP contribution in [0.15, 0.2) is 56.2 Å². The summed E-state index contributed by atoms with van der Waals surface area (Å²) in [5.74, 6) is -4.94. The first kappa shape index (κ1) is 29.3. The Hall–Kier alpha value is -4.74. The van der Waals surface area contributed by atoms with Crippen LogP contribution in [-0.2, 0) is 42.8 Å². The SMILES string of the molecule is C=CC(=O)OCCOC(=O)c1cc(C(=O)OCCOC(=O)C=C)cc(C(=O)OCCOC(=O)C=C)c1. The van der Waals surface area contributed by atoms with Crippen LogP contribution in [0.2, 0.25) is 0 Å². The molecule has 0 N–H and O–H groups in total. The first-order chi connectivity index (χ1) is 17.2. The highest BCUT2D eigenvalue weighted by Gasteiger charge is 2.19. The molecule has 0 atom stereocenters. The van der Waals surface area contributed by atoms with Crippen molar-refractivity contribution < 1.29 is 57.2 Å². The molecule has 0 aromatic heterocycles. The normalized spacial score (nSPS) is 9.67. The predicted molar refractivity (Wildman–Crippen MR) is 121 cm³/mol. The minimum Gasteiger partial charge on any atom is -0.459 e. The van der Waals surface area contributed by atoms with Crippen molar-refractivity contribution in [1.82, 2.24) is 0 Å². The van der Waals surface area contributed by atoms with Gasteiger partial charge in [-0.15, -0.1) is 0 Å². The molecule has 1 aromatic rings. The second-order valence-corrected chi connectivity index (χ2v) is 6.32. The number of esters is 6. The highest BCUT2D eigenvalue weighted by molar-refractivity contribution is 6.00. The van der Waals surface area contributed by atoms with E-state index in [1.54, 1.807) is 0 Å². The van der Waals surface area contributed by atoms with Gasteiger partial charge in [0.05, 0.1) is 16.7 Å². The molecule has 0 heterocycles. The zero-order valence-corrected chi connectivity index (χ0v) is 19.2. The Morgan fingerprint density at radius 1 is 0.472 bits per heavy atom. The lowest BCUT2D eigenvalue weighted by Crippen LogP contribution is -2.17. The molecule has 0 spiro atoms. The third-order valence-electron chi connectivity index (χ3n) is 3.82. The van der Waals surface area contributed by atoms with Crippen LogP contribution in [0.3, 0.4) is 0 Å². The van der Waals surface area contributed by atoms with Gasteiger partial charge in [-0.3, -0.25) is 0 Å². The van der Waals surface area contributed by atoms with E-state index in [-0.39, 0.29) is 56.3 Å². The number of benzene rings is 1. The van der Waals surface area contributed by atoms with Crippen molar-refractivity contribution in [2.75, 3.05) is 39.6 Å². The van der Waals surface area contributed by atoms with Crippen LogP contribution >= 0.6 is 0 Å². The van der Waals surface area contributed by atoms with Crippen molar-refractivity contribution in [3.63, 3.8) is 0 Å². The van der Waals surface area contributed by atoms with Gasteiger partial charge in [-0.2, -0.15) is 0 Å². The number of ether oxygens (including phenoxy) is 6. The van der Waals surface area contributed by atoms with Gasteiger partial charge in [0.1, 0.15) is 39.6 Å². The lowest BCUT2D eigenvalue weighted by atomic mass is 10.1. The second kappa shape index (κ2) is 16.0. The third-order valence-corrected chi connectivity index (χ3v) is 3.82. The van der Waals surface area contributed by atoms with Gasteiger partial charge in [0.25, 0.3) is 0 Å². The fourth-order valence-corrected chi connectivity index (χ4v) is 2.24. The Kier molecular flexibility index (Phi) is 13.0. The van der Waals surface area contributed by atoms with Gasteiger partial charge in [0, 0.05) is 18.2 Å². The van der Waals surface area contributed by atoms with Crippen LogP contribution in [0.25, 0.3) is 0 Å². The molecule has 0 aliphatic rings. The molecule has 12 heteroatoms. The van der Waals surface area contributed by atoms with Crippen molar-refractivity contribution >= 4 is 35.8 Å². The van der Waals surface area contributed by atoms with E-state index < -0.39 is 35.8 Å². The first-order valence-electron chi connectivity index (χ1n) is 10.3. The topological polar surface area (TPSA) is 158 Å². The predicted octanol–water partition coefficient (Wildman–Crippen LogP) is 1.34.